The molecule has 0 aliphatic carbocycles. The van der Waals surface area contributed by atoms with E-state index in [2.05, 4.69) is 4.28 Å². The Bertz CT molecular complexity index is 648. The van der Waals surface area contributed by atoms with E-state index >= 15 is 0 Å². The van der Waals surface area contributed by atoms with Crippen LogP contribution in [0, 0.1) is 0 Å². The second kappa shape index (κ2) is 6.52. The van der Waals surface area contributed by atoms with Gasteiger partial charge in [-0.3, -0.25) is 14.1 Å². The molecule has 2 bridgehead atoms. The molecule has 0 aromatic carbocycles. The second-order valence-corrected chi connectivity index (χ2v) is 5.52. The zero-order valence-electron chi connectivity index (χ0n) is 11.5. The summed E-state index contributed by atoms with van der Waals surface area (Å²) < 4.78 is 34.5. The van der Waals surface area contributed by atoms with Crippen LogP contribution in [0.25, 0.3) is 0 Å². The molecule has 0 unspecified atom stereocenters. The number of amides is 4. The number of nitrogens with zero attached hydrogens (tertiary/aromatic N) is 2. The molecule has 2 aliphatic rings. The Morgan fingerprint density at radius 3 is 2.45 bits per heavy atom. The van der Waals surface area contributed by atoms with E-state index in [1.165, 1.54) is 6.08 Å². The SMILES string of the molecule is NC(=O)CC1=C[C@@H](C(N)=O)N2C[C@@H]1N(OS(=O)(=O)O)C2=O.[Na]. The van der Waals surface area contributed by atoms with Crippen LogP contribution in [0.4, 0.5) is 4.79 Å². The first-order chi connectivity index (χ1) is 9.60. The molecule has 1 fully saturated rings. The predicted molar refractivity (Wildman–Crippen MR) is 71.0 cm³/mol. The molecule has 2 rings (SSSR count). The van der Waals surface area contributed by atoms with Gasteiger partial charge < -0.3 is 16.4 Å². The fourth-order valence-corrected chi connectivity index (χ4v) is 2.67. The number of nitrogens with two attached hydrogens (primary N) is 2. The predicted octanol–water partition coefficient (Wildman–Crippen LogP) is -2.88. The molecule has 2 heterocycles. The normalized spacial score (nSPS) is 23.9. The molecule has 5 N–H and O–H groups in total. The number of rotatable bonds is 5. The minimum Gasteiger partial charge on any atom is -0.369 e. The van der Waals surface area contributed by atoms with Crippen LogP contribution in [-0.2, 0) is 24.3 Å². The Labute approximate surface area is 147 Å². The number of hydroxylamine groups is 2. The van der Waals surface area contributed by atoms with E-state index in [-0.39, 0.29) is 48.1 Å². The van der Waals surface area contributed by atoms with Gasteiger partial charge in [-0.15, -0.1) is 4.28 Å². The molecule has 2 atom stereocenters. The number of primary amides is 2. The van der Waals surface area contributed by atoms with Gasteiger partial charge in [0.05, 0.1) is 6.54 Å². The third-order valence-electron chi connectivity index (χ3n) is 3.07. The van der Waals surface area contributed by atoms with Crippen LogP contribution in [0.1, 0.15) is 6.42 Å². The van der Waals surface area contributed by atoms with Crippen LogP contribution in [-0.4, -0.2) is 89.0 Å². The Balaban J connectivity index is 0.00000242. The summed E-state index contributed by atoms with van der Waals surface area (Å²) in [6, 6.07) is -3.10. The molecule has 1 radical (unpaired) electrons. The number of fused-ring (bicyclic) bond motifs is 2. The van der Waals surface area contributed by atoms with E-state index < -0.39 is 40.3 Å². The van der Waals surface area contributed by atoms with Crippen molar-refractivity contribution in [3.05, 3.63) is 11.6 Å². The van der Waals surface area contributed by atoms with Gasteiger partial charge in [-0.25, -0.2) is 4.79 Å². The molecule has 11 nitrogen and oxygen atoms in total. The van der Waals surface area contributed by atoms with E-state index in [4.69, 9.17) is 16.0 Å². The van der Waals surface area contributed by atoms with Gasteiger partial charge in [0.1, 0.15) is 12.1 Å². The number of carbonyl (C=O) groups excluding carboxylic acids is 3. The number of urea groups is 1. The summed E-state index contributed by atoms with van der Waals surface area (Å²) in [6.45, 7) is -0.124. The smallest absolute Gasteiger partial charge is 0.369 e. The molecule has 0 aromatic heterocycles. The Kier molecular flexibility index (Phi) is 5.59. The average Bonchev–Trinajstić information content (AvgIpc) is 2.56. The maximum absolute atomic E-state index is 12.0. The molecule has 22 heavy (non-hydrogen) atoms. The third kappa shape index (κ3) is 3.77. The van der Waals surface area contributed by atoms with E-state index in [0.717, 1.165) is 4.90 Å². The first-order valence-electron chi connectivity index (χ1n) is 5.65. The van der Waals surface area contributed by atoms with Gasteiger partial charge >= 0.3 is 16.4 Å². The van der Waals surface area contributed by atoms with Crippen molar-refractivity contribution in [3.8, 4) is 0 Å². The van der Waals surface area contributed by atoms with Crippen molar-refractivity contribution in [1.29, 1.82) is 0 Å². The topological polar surface area (TPSA) is 173 Å². The van der Waals surface area contributed by atoms with Crippen LogP contribution < -0.4 is 11.5 Å². The van der Waals surface area contributed by atoms with E-state index in [0.29, 0.717) is 5.06 Å². The Hall–Kier alpha value is -1.18. The van der Waals surface area contributed by atoms with E-state index in [1.807, 2.05) is 0 Å². The molecular weight excluding hydrogens is 331 g/mol. The third-order valence-corrected chi connectivity index (χ3v) is 3.42. The van der Waals surface area contributed by atoms with Gasteiger partial charge in [0, 0.05) is 36.0 Å². The van der Waals surface area contributed by atoms with Crippen molar-refractivity contribution in [3.63, 3.8) is 0 Å². The van der Waals surface area contributed by atoms with Crippen LogP contribution >= 0.6 is 0 Å². The van der Waals surface area contributed by atoms with E-state index in [1.54, 1.807) is 0 Å². The van der Waals surface area contributed by atoms with Crippen LogP contribution in [0.2, 0.25) is 0 Å². The second-order valence-electron chi connectivity index (χ2n) is 4.51. The van der Waals surface area contributed by atoms with Gasteiger partial charge in [-0.2, -0.15) is 13.5 Å². The standard InChI is InChI=1S/C9H12N4O7S.Na/c10-7(14)2-4-1-5(8(11)15)12-3-6(4)13(9(12)16)20-21(17,18)19;/h1,5-6H,2-3H2,(H2,10,14)(H2,11,15)(H,17,18,19);/t5-,6-;/m0./s1. The molecule has 1 saturated heterocycles. The summed E-state index contributed by atoms with van der Waals surface area (Å²) >= 11 is 0. The van der Waals surface area contributed by atoms with Crippen LogP contribution in [0.5, 0.6) is 0 Å². The number of hydrogen-bond donors (Lipinski definition) is 3. The first kappa shape index (κ1) is 18.9. The average molecular weight is 343 g/mol. The van der Waals surface area contributed by atoms with Crippen molar-refractivity contribution in [2.45, 2.75) is 18.5 Å². The quantitative estimate of drug-likeness (QED) is 0.273. The van der Waals surface area contributed by atoms with Gasteiger partial charge in [0.15, 0.2) is 0 Å². The minimum absolute atomic E-state index is 0. The van der Waals surface area contributed by atoms with Crippen molar-refractivity contribution in [1.82, 2.24) is 9.96 Å². The summed E-state index contributed by atoms with van der Waals surface area (Å²) in [6.07, 6.45) is 0.938. The van der Waals surface area contributed by atoms with E-state index in [9.17, 15) is 22.8 Å². The maximum atomic E-state index is 12.0. The molecule has 13 heteroatoms. The monoisotopic (exact) mass is 343 g/mol. The minimum atomic E-state index is -4.95. The molecule has 0 spiro atoms. The summed E-state index contributed by atoms with van der Waals surface area (Å²) in [5, 5.41) is 0.368. The van der Waals surface area contributed by atoms with Crippen molar-refractivity contribution >= 4 is 57.8 Å². The maximum Gasteiger partial charge on any atom is 0.418 e. The summed E-state index contributed by atoms with van der Waals surface area (Å²) in [5.41, 5.74) is 10.4. The van der Waals surface area contributed by atoms with Gasteiger partial charge in [-0.1, -0.05) is 6.08 Å². The van der Waals surface area contributed by atoms with Crippen molar-refractivity contribution in [2.24, 2.45) is 11.5 Å². The molecule has 2 aliphatic heterocycles. The largest absolute Gasteiger partial charge is 0.418 e. The van der Waals surface area contributed by atoms with Gasteiger partial charge in [0.2, 0.25) is 11.8 Å². The number of carbonyl (C=O) groups is 3. The first-order valence-corrected chi connectivity index (χ1v) is 7.01. The fourth-order valence-electron chi connectivity index (χ4n) is 2.30. The molecule has 0 aromatic rings. The molecule has 117 valence electrons. The zero-order valence-corrected chi connectivity index (χ0v) is 14.3. The number of hydrogen-bond acceptors (Lipinski definition) is 6. The fraction of sp³-hybridized carbons (Fsp3) is 0.444. The summed E-state index contributed by atoms with van der Waals surface area (Å²) in [5.74, 6) is -1.61. The van der Waals surface area contributed by atoms with Gasteiger partial charge in [0.25, 0.3) is 0 Å². The van der Waals surface area contributed by atoms with Crippen LogP contribution in [0.3, 0.4) is 0 Å². The Morgan fingerprint density at radius 2 is 2.00 bits per heavy atom. The van der Waals surface area contributed by atoms with Crippen LogP contribution in [0.15, 0.2) is 11.6 Å². The van der Waals surface area contributed by atoms with Crippen molar-refractivity contribution < 1.29 is 31.6 Å². The van der Waals surface area contributed by atoms with Gasteiger partial charge in [-0.05, 0) is 5.57 Å². The molecule has 4 amide bonds. The summed E-state index contributed by atoms with van der Waals surface area (Å²) in [7, 11) is -4.95. The van der Waals surface area contributed by atoms with Crippen molar-refractivity contribution in [2.75, 3.05) is 6.54 Å². The summed E-state index contributed by atoms with van der Waals surface area (Å²) in [4.78, 5) is 35.3. The zero-order chi connectivity index (χ0) is 15.9. The Morgan fingerprint density at radius 1 is 1.41 bits per heavy atom. The molecular formula is C9H12N4NaO7S. The molecule has 0 saturated carbocycles.